The Labute approximate surface area is 331 Å². The number of aromatic nitrogens is 2. The van der Waals surface area contributed by atoms with Gasteiger partial charge in [0.25, 0.3) is 0 Å². The Hall–Kier alpha value is -3.02. The minimum atomic E-state index is -1.14. The van der Waals surface area contributed by atoms with E-state index in [2.05, 4.69) is 131 Å². The van der Waals surface area contributed by atoms with E-state index in [0.717, 1.165) is 82.9 Å². The van der Waals surface area contributed by atoms with Crippen LogP contribution in [0.15, 0.2) is 57.4 Å². The van der Waals surface area contributed by atoms with E-state index in [9.17, 15) is 9.90 Å². The number of aliphatic carboxylic acids is 1. The SMILES string of the molecule is CCc1oc(-c2ccc(C(C)(C)C)cc2)nc1CI.CCc1oc(-c2ccc(C(C)(C)C)cc2)nc1COC[C@@H]1CCC[C@H](COC(C)(C)C(=O)O)C1. The molecular weight excluding hydrogens is 779 g/mol. The van der Waals surface area contributed by atoms with Gasteiger partial charge in [-0.3, -0.25) is 0 Å². The normalized spacial score (nSPS) is 16.7. The third-order valence-corrected chi connectivity index (χ3v) is 10.7. The summed E-state index contributed by atoms with van der Waals surface area (Å²) in [5.41, 5.74) is 5.73. The first-order valence-electron chi connectivity index (χ1n) is 19.1. The van der Waals surface area contributed by atoms with Crippen LogP contribution in [-0.4, -0.2) is 39.9 Å². The van der Waals surface area contributed by atoms with E-state index in [1.807, 2.05) is 0 Å². The van der Waals surface area contributed by atoms with Crippen LogP contribution < -0.4 is 0 Å². The van der Waals surface area contributed by atoms with Gasteiger partial charge in [0, 0.05) is 35.0 Å². The van der Waals surface area contributed by atoms with Crippen molar-refractivity contribution in [2.45, 2.75) is 135 Å². The lowest BCUT2D eigenvalue weighted by atomic mass is 9.82. The molecule has 0 aliphatic heterocycles. The van der Waals surface area contributed by atoms with Crippen molar-refractivity contribution in [3.8, 4) is 22.9 Å². The predicted molar refractivity (Wildman–Crippen MR) is 221 cm³/mol. The second kappa shape index (κ2) is 18.5. The van der Waals surface area contributed by atoms with Crippen LogP contribution in [-0.2, 0) is 49.0 Å². The average molecular weight is 841 g/mol. The number of carbonyl (C=O) groups is 1. The second-order valence-electron chi connectivity index (χ2n) is 16.8. The summed E-state index contributed by atoms with van der Waals surface area (Å²) < 4.78 is 24.6. The predicted octanol–water partition coefficient (Wildman–Crippen LogP) is 11.5. The summed E-state index contributed by atoms with van der Waals surface area (Å²) in [6.07, 6.45) is 5.99. The highest BCUT2D eigenvalue weighted by Crippen LogP contribution is 2.32. The zero-order valence-electron chi connectivity index (χ0n) is 33.6. The molecule has 1 aliphatic carbocycles. The van der Waals surface area contributed by atoms with Gasteiger partial charge in [0.05, 0.1) is 18.9 Å². The second-order valence-corrected chi connectivity index (χ2v) is 17.6. The molecule has 1 N–H and O–H groups in total. The molecule has 0 amide bonds. The van der Waals surface area contributed by atoms with Gasteiger partial charge in [-0.25, -0.2) is 14.8 Å². The zero-order chi connectivity index (χ0) is 39.0. The first-order valence-corrected chi connectivity index (χ1v) is 20.7. The van der Waals surface area contributed by atoms with Crippen molar-refractivity contribution < 1.29 is 28.2 Å². The Morgan fingerprint density at radius 3 is 1.62 bits per heavy atom. The number of carboxylic acids is 1. The van der Waals surface area contributed by atoms with E-state index in [0.29, 0.717) is 37.5 Å². The molecule has 2 atom stereocenters. The maximum atomic E-state index is 11.3. The molecule has 2 heterocycles. The topological polar surface area (TPSA) is 108 Å². The summed E-state index contributed by atoms with van der Waals surface area (Å²) in [4.78, 5) is 20.6. The molecule has 0 radical (unpaired) electrons. The molecule has 2 aromatic heterocycles. The highest BCUT2D eigenvalue weighted by atomic mass is 127. The number of alkyl halides is 1. The Morgan fingerprint density at radius 1 is 0.755 bits per heavy atom. The third-order valence-electron chi connectivity index (χ3n) is 10.00. The van der Waals surface area contributed by atoms with Gasteiger partial charge in [0.1, 0.15) is 17.2 Å². The minimum Gasteiger partial charge on any atom is -0.479 e. The summed E-state index contributed by atoms with van der Waals surface area (Å²) in [6, 6.07) is 17.0. The molecule has 1 saturated carbocycles. The van der Waals surface area contributed by atoms with Crippen LogP contribution in [0, 0.1) is 11.8 Å². The van der Waals surface area contributed by atoms with Gasteiger partial charge < -0.3 is 23.4 Å². The van der Waals surface area contributed by atoms with Crippen LogP contribution in [0.2, 0.25) is 0 Å². The highest BCUT2D eigenvalue weighted by molar-refractivity contribution is 14.1. The lowest BCUT2D eigenvalue weighted by Crippen LogP contribution is -2.37. The smallest absolute Gasteiger partial charge is 0.335 e. The van der Waals surface area contributed by atoms with Crippen LogP contribution in [0.25, 0.3) is 22.9 Å². The standard InChI is InChI=1S/C28H41NO5.C16H20INO/c1-7-24-23(29-25(34-24)21-11-13-22(14-12-21)27(2,3)4)18-32-16-19-9-8-10-20(15-19)17-33-28(5,6)26(30)31;1-5-14-13(10-17)18-15(19-14)11-6-8-12(9-7-11)16(2,3)4/h11-14,19-20H,7-10,15-18H2,1-6H3,(H,30,31);6-9H,5,10H2,1-4H3/t19-,20+;/m1./s1. The summed E-state index contributed by atoms with van der Waals surface area (Å²) in [5.74, 6) is 3.17. The molecule has 0 unspecified atom stereocenters. The molecule has 0 saturated heterocycles. The fourth-order valence-corrected chi connectivity index (χ4v) is 7.02. The van der Waals surface area contributed by atoms with Crippen molar-refractivity contribution in [2.75, 3.05) is 13.2 Å². The summed E-state index contributed by atoms with van der Waals surface area (Å²) in [6.45, 7) is 22.2. The molecule has 0 bridgehead atoms. The molecule has 0 spiro atoms. The van der Waals surface area contributed by atoms with Crippen LogP contribution in [0.3, 0.4) is 0 Å². The van der Waals surface area contributed by atoms with Crippen LogP contribution in [0.5, 0.6) is 0 Å². The number of ether oxygens (including phenoxy) is 2. The molecule has 1 aliphatic rings. The highest BCUT2D eigenvalue weighted by Gasteiger charge is 2.31. The summed E-state index contributed by atoms with van der Waals surface area (Å²) in [5, 5.41) is 9.25. The lowest BCUT2D eigenvalue weighted by Gasteiger charge is -2.31. The summed E-state index contributed by atoms with van der Waals surface area (Å²) in [7, 11) is 0. The Morgan fingerprint density at radius 2 is 1.21 bits per heavy atom. The third kappa shape index (κ3) is 12.0. The maximum absolute atomic E-state index is 11.3. The Kier molecular flexibility index (Phi) is 14.9. The molecular formula is C44H61IN2O6. The van der Waals surface area contributed by atoms with Crippen molar-refractivity contribution in [3.63, 3.8) is 0 Å². The van der Waals surface area contributed by atoms with Gasteiger partial charge in [-0.2, -0.15) is 0 Å². The van der Waals surface area contributed by atoms with Crippen molar-refractivity contribution in [2.24, 2.45) is 11.8 Å². The molecule has 290 valence electrons. The fourth-order valence-electron chi connectivity index (χ4n) is 6.42. The molecule has 4 aromatic rings. The van der Waals surface area contributed by atoms with E-state index >= 15 is 0 Å². The Balaban J connectivity index is 0.000000278. The Bertz CT molecular complexity index is 1720. The maximum Gasteiger partial charge on any atom is 0.335 e. The van der Waals surface area contributed by atoms with Crippen LogP contribution in [0.4, 0.5) is 0 Å². The monoisotopic (exact) mass is 840 g/mol. The number of halogens is 1. The lowest BCUT2D eigenvalue weighted by molar-refractivity contribution is -0.163. The minimum absolute atomic E-state index is 0.111. The molecule has 2 aromatic carbocycles. The van der Waals surface area contributed by atoms with E-state index in [1.54, 1.807) is 13.8 Å². The molecule has 9 heteroatoms. The first-order chi connectivity index (χ1) is 24.9. The summed E-state index contributed by atoms with van der Waals surface area (Å²) >= 11 is 2.33. The van der Waals surface area contributed by atoms with Crippen molar-refractivity contribution >= 4 is 28.6 Å². The quantitative estimate of drug-likeness (QED) is 0.105. The largest absolute Gasteiger partial charge is 0.479 e. The van der Waals surface area contributed by atoms with E-state index in [1.165, 1.54) is 11.1 Å². The van der Waals surface area contributed by atoms with Gasteiger partial charge in [-0.15, -0.1) is 0 Å². The van der Waals surface area contributed by atoms with Gasteiger partial charge in [-0.05, 0) is 91.2 Å². The number of oxazole rings is 2. The van der Waals surface area contributed by atoms with Crippen molar-refractivity contribution in [3.05, 3.63) is 82.6 Å². The average Bonchev–Trinajstić information content (AvgIpc) is 3.75. The number of benzene rings is 2. The van der Waals surface area contributed by atoms with Crippen LogP contribution >= 0.6 is 22.6 Å². The van der Waals surface area contributed by atoms with E-state index in [-0.39, 0.29) is 10.8 Å². The number of hydrogen-bond donors (Lipinski definition) is 1. The van der Waals surface area contributed by atoms with Gasteiger partial charge in [0.15, 0.2) is 5.60 Å². The van der Waals surface area contributed by atoms with Gasteiger partial charge in [0.2, 0.25) is 11.8 Å². The zero-order valence-corrected chi connectivity index (χ0v) is 35.8. The van der Waals surface area contributed by atoms with Crippen molar-refractivity contribution in [1.29, 1.82) is 0 Å². The number of rotatable bonds is 13. The molecule has 53 heavy (non-hydrogen) atoms. The number of hydrogen-bond acceptors (Lipinski definition) is 7. The molecule has 8 nitrogen and oxygen atoms in total. The fraction of sp³-hybridized carbons (Fsp3) is 0.568. The van der Waals surface area contributed by atoms with Gasteiger partial charge >= 0.3 is 5.97 Å². The van der Waals surface area contributed by atoms with Gasteiger partial charge in [-0.1, -0.05) is 109 Å². The number of aryl methyl sites for hydroxylation is 2. The first kappa shape index (κ1) is 42.7. The van der Waals surface area contributed by atoms with E-state index in [4.69, 9.17) is 23.3 Å². The molecule has 1 fully saturated rings. The number of carboxylic acid groups (broad SMARTS) is 1. The van der Waals surface area contributed by atoms with Crippen LogP contribution in [0.1, 0.15) is 129 Å². The number of nitrogens with zero attached hydrogens (tertiary/aromatic N) is 2. The van der Waals surface area contributed by atoms with E-state index < -0.39 is 11.6 Å². The molecule has 5 rings (SSSR count). The van der Waals surface area contributed by atoms with Crippen molar-refractivity contribution in [1.82, 2.24) is 9.97 Å².